The van der Waals surface area contributed by atoms with E-state index in [9.17, 15) is 4.79 Å². The molecule has 1 fully saturated rings. The smallest absolute Gasteiger partial charge is 0.315 e. The highest BCUT2D eigenvalue weighted by Gasteiger charge is 2.25. The predicted octanol–water partition coefficient (Wildman–Crippen LogP) is 2.86. The molecule has 1 heterocycles. The van der Waals surface area contributed by atoms with E-state index >= 15 is 0 Å². The predicted molar refractivity (Wildman–Crippen MR) is 110 cm³/mol. The lowest BCUT2D eigenvalue weighted by molar-refractivity contribution is 0.0889. The molecule has 5 heteroatoms. The summed E-state index contributed by atoms with van der Waals surface area (Å²) in [5.74, 6) is 0. The van der Waals surface area contributed by atoms with Crippen molar-refractivity contribution in [1.29, 1.82) is 0 Å². The van der Waals surface area contributed by atoms with Crippen LogP contribution in [0.3, 0.4) is 0 Å². The summed E-state index contributed by atoms with van der Waals surface area (Å²) in [6, 6.07) is 21.0. The highest BCUT2D eigenvalue weighted by Crippen LogP contribution is 2.24. The summed E-state index contributed by atoms with van der Waals surface area (Å²) in [7, 11) is 2.19. The van der Waals surface area contributed by atoms with Gasteiger partial charge >= 0.3 is 6.03 Å². The molecule has 0 spiro atoms. The van der Waals surface area contributed by atoms with E-state index in [1.54, 1.807) is 0 Å². The number of benzene rings is 2. The summed E-state index contributed by atoms with van der Waals surface area (Å²) in [4.78, 5) is 16.9. The van der Waals surface area contributed by atoms with Crippen molar-refractivity contribution in [1.82, 2.24) is 20.4 Å². The van der Waals surface area contributed by atoms with Gasteiger partial charge in [0.2, 0.25) is 0 Å². The second-order valence-electron chi connectivity index (χ2n) is 7.17. The molecule has 2 N–H and O–H groups in total. The van der Waals surface area contributed by atoms with Crippen molar-refractivity contribution in [2.24, 2.45) is 0 Å². The number of amides is 2. The zero-order chi connectivity index (χ0) is 18.9. The zero-order valence-electron chi connectivity index (χ0n) is 16.1. The quantitative estimate of drug-likeness (QED) is 0.741. The maximum absolute atomic E-state index is 12.0. The summed E-state index contributed by atoms with van der Waals surface area (Å²) >= 11 is 0. The standard InChI is InChI=1S/C22H30N4O/c1-25-15-16-26(21(18-25)20-11-6-3-7-12-20)14-8-13-23-22(27)24-17-19-9-4-2-5-10-19/h2-7,9-12,21H,8,13-18H2,1H3,(H2,23,24,27). The van der Waals surface area contributed by atoms with Crippen molar-refractivity contribution >= 4 is 6.03 Å². The number of urea groups is 1. The summed E-state index contributed by atoms with van der Waals surface area (Å²) < 4.78 is 0. The van der Waals surface area contributed by atoms with Gasteiger partial charge in [0.1, 0.15) is 0 Å². The molecule has 1 atom stereocenters. The van der Waals surface area contributed by atoms with Crippen LogP contribution in [0, 0.1) is 0 Å². The fourth-order valence-corrected chi connectivity index (χ4v) is 3.54. The van der Waals surface area contributed by atoms with E-state index in [0.29, 0.717) is 19.1 Å². The van der Waals surface area contributed by atoms with E-state index < -0.39 is 0 Å². The molecule has 2 amide bonds. The number of hydrogen-bond donors (Lipinski definition) is 2. The fourth-order valence-electron chi connectivity index (χ4n) is 3.54. The van der Waals surface area contributed by atoms with Gasteiger partial charge in [0.15, 0.2) is 0 Å². The Balaban J connectivity index is 1.40. The number of carbonyl (C=O) groups is 1. The number of rotatable bonds is 7. The van der Waals surface area contributed by atoms with Gasteiger partial charge in [-0.2, -0.15) is 0 Å². The molecule has 0 aliphatic carbocycles. The number of piperazine rings is 1. The van der Waals surface area contributed by atoms with Gasteiger partial charge in [-0.3, -0.25) is 4.90 Å². The van der Waals surface area contributed by atoms with Crippen LogP contribution in [0.1, 0.15) is 23.6 Å². The van der Waals surface area contributed by atoms with Crippen LogP contribution in [-0.4, -0.2) is 55.6 Å². The first-order valence-electron chi connectivity index (χ1n) is 9.75. The Labute approximate surface area is 162 Å². The Morgan fingerprint density at radius 3 is 2.44 bits per heavy atom. The highest BCUT2D eigenvalue weighted by molar-refractivity contribution is 5.73. The minimum absolute atomic E-state index is 0.100. The van der Waals surface area contributed by atoms with Crippen LogP contribution in [0.5, 0.6) is 0 Å². The molecule has 0 bridgehead atoms. The Hall–Kier alpha value is -2.37. The number of hydrogen-bond acceptors (Lipinski definition) is 3. The van der Waals surface area contributed by atoms with Gasteiger partial charge in [-0.15, -0.1) is 0 Å². The number of nitrogens with zero attached hydrogens (tertiary/aromatic N) is 2. The molecular formula is C22H30N4O. The lowest BCUT2D eigenvalue weighted by atomic mass is 10.0. The molecule has 2 aromatic rings. The van der Waals surface area contributed by atoms with E-state index in [0.717, 1.165) is 38.2 Å². The van der Waals surface area contributed by atoms with Crippen molar-refractivity contribution in [3.8, 4) is 0 Å². The molecule has 0 radical (unpaired) electrons. The molecule has 144 valence electrons. The maximum Gasteiger partial charge on any atom is 0.315 e. The molecule has 2 aromatic carbocycles. The van der Waals surface area contributed by atoms with Crippen molar-refractivity contribution in [3.05, 3.63) is 71.8 Å². The van der Waals surface area contributed by atoms with E-state index in [1.165, 1.54) is 5.56 Å². The van der Waals surface area contributed by atoms with E-state index in [1.807, 2.05) is 30.3 Å². The summed E-state index contributed by atoms with van der Waals surface area (Å²) in [5, 5.41) is 5.88. The van der Waals surface area contributed by atoms with Crippen LogP contribution in [-0.2, 0) is 6.54 Å². The van der Waals surface area contributed by atoms with Gasteiger partial charge in [0.25, 0.3) is 0 Å². The van der Waals surface area contributed by atoms with Crippen LogP contribution in [0.15, 0.2) is 60.7 Å². The molecule has 1 aliphatic rings. The number of likely N-dealkylation sites (N-methyl/N-ethyl adjacent to an activating group) is 1. The Morgan fingerprint density at radius 2 is 1.70 bits per heavy atom. The Bertz CT molecular complexity index is 692. The molecule has 5 nitrogen and oxygen atoms in total. The molecule has 3 rings (SSSR count). The summed E-state index contributed by atoms with van der Waals surface area (Å²) in [6.07, 6.45) is 0.950. The third-order valence-corrected chi connectivity index (χ3v) is 5.08. The minimum atomic E-state index is -0.100. The van der Waals surface area contributed by atoms with Crippen LogP contribution in [0.25, 0.3) is 0 Å². The zero-order valence-corrected chi connectivity index (χ0v) is 16.1. The lowest BCUT2D eigenvalue weighted by Crippen LogP contribution is -2.47. The SMILES string of the molecule is CN1CCN(CCCNC(=O)NCc2ccccc2)C(c2ccccc2)C1. The van der Waals surface area contributed by atoms with E-state index in [2.05, 4.69) is 57.8 Å². The second-order valence-corrected chi connectivity index (χ2v) is 7.17. The van der Waals surface area contributed by atoms with E-state index in [4.69, 9.17) is 0 Å². The molecule has 1 aliphatic heterocycles. The van der Waals surface area contributed by atoms with Gasteiger partial charge in [0.05, 0.1) is 0 Å². The third kappa shape index (κ3) is 6.08. The molecule has 27 heavy (non-hydrogen) atoms. The average Bonchev–Trinajstić information content (AvgIpc) is 2.72. The summed E-state index contributed by atoms with van der Waals surface area (Å²) in [5.41, 5.74) is 2.48. The molecule has 1 unspecified atom stereocenters. The third-order valence-electron chi connectivity index (χ3n) is 5.08. The van der Waals surface area contributed by atoms with Crippen molar-refractivity contribution < 1.29 is 4.79 Å². The highest BCUT2D eigenvalue weighted by atomic mass is 16.2. The Morgan fingerprint density at radius 1 is 1.00 bits per heavy atom. The Kier molecular flexibility index (Phi) is 7.25. The fraction of sp³-hybridized carbons (Fsp3) is 0.409. The topological polar surface area (TPSA) is 47.6 Å². The van der Waals surface area contributed by atoms with Gasteiger partial charge in [-0.05, 0) is 24.6 Å². The number of carbonyl (C=O) groups excluding carboxylic acids is 1. The van der Waals surface area contributed by atoms with Crippen molar-refractivity contribution in [3.63, 3.8) is 0 Å². The first kappa shape index (κ1) is 19.4. The van der Waals surface area contributed by atoms with E-state index in [-0.39, 0.29) is 6.03 Å². The van der Waals surface area contributed by atoms with Gasteiger partial charge in [0, 0.05) is 45.3 Å². The van der Waals surface area contributed by atoms with Crippen LogP contribution in [0.4, 0.5) is 4.79 Å². The lowest BCUT2D eigenvalue weighted by Gasteiger charge is -2.40. The van der Waals surface area contributed by atoms with Gasteiger partial charge < -0.3 is 15.5 Å². The van der Waals surface area contributed by atoms with Crippen LogP contribution in [0.2, 0.25) is 0 Å². The van der Waals surface area contributed by atoms with Crippen molar-refractivity contribution in [2.75, 3.05) is 39.8 Å². The van der Waals surface area contributed by atoms with Crippen LogP contribution < -0.4 is 10.6 Å². The molecule has 0 saturated carbocycles. The number of nitrogens with one attached hydrogen (secondary N) is 2. The first-order chi connectivity index (χ1) is 13.2. The second kappa shape index (κ2) is 10.1. The maximum atomic E-state index is 12.0. The normalized spacial score (nSPS) is 18.2. The molecule has 0 aromatic heterocycles. The first-order valence-corrected chi connectivity index (χ1v) is 9.75. The molecule has 1 saturated heterocycles. The average molecular weight is 367 g/mol. The summed E-state index contributed by atoms with van der Waals surface area (Å²) in [6.45, 7) is 5.45. The van der Waals surface area contributed by atoms with Gasteiger partial charge in [-0.1, -0.05) is 60.7 Å². The van der Waals surface area contributed by atoms with Crippen molar-refractivity contribution in [2.45, 2.75) is 19.0 Å². The minimum Gasteiger partial charge on any atom is -0.338 e. The largest absolute Gasteiger partial charge is 0.338 e. The molecular weight excluding hydrogens is 336 g/mol. The van der Waals surface area contributed by atoms with Gasteiger partial charge in [-0.25, -0.2) is 4.79 Å². The van der Waals surface area contributed by atoms with Crippen LogP contribution >= 0.6 is 0 Å². The monoisotopic (exact) mass is 366 g/mol.